The summed E-state index contributed by atoms with van der Waals surface area (Å²) in [4.78, 5) is 11.5. The van der Waals surface area contributed by atoms with Crippen molar-refractivity contribution in [2.75, 3.05) is 5.32 Å². The van der Waals surface area contributed by atoms with E-state index in [1.54, 1.807) is 0 Å². The Morgan fingerprint density at radius 2 is 2.00 bits per heavy atom. The van der Waals surface area contributed by atoms with Crippen molar-refractivity contribution in [3.8, 4) is 0 Å². The topological polar surface area (TPSA) is 55.1 Å². The predicted octanol–water partition coefficient (Wildman–Crippen LogP) is 2.31. The molecule has 3 N–H and O–H groups in total. The summed E-state index contributed by atoms with van der Waals surface area (Å²) in [5.74, 6) is 0.0292. The van der Waals surface area contributed by atoms with E-state index >= 15 is 0 Å². The highest BCUT2D eigenvalue weighted by molar-refractivity contribution is 5.90. The van der Waals surface area contributed by atoms with Gasteiger partial charge in [-0.2, -0.15) is 0 Å². The smallest absolute Gasteiger partial charge is 0.224 e. The third-order valence-electron chi connectivity index (χ3n) is 2.47. The van der Waals surface area contributed by atoms with Crippen molar-refractivity contribution in [3.05, 3.63) is 29.8 Å². The molecule has 1 rings (SSSR count). The summed E-state index contributed by atoms with van der Waals surface area (Å²) in [6.07, 6.45) is 2.21. The summed E-state index contributed by atoms with van der Waals surface area (Å²) in [7, 11) is 0. The number of rotatable bonds is 5. The molecule has 0 heterocycles. The quantitative estimate of drug-likeness (QED) is 0.800. The molecule has 1 amide bonds. The van der Waals surface area contributed by atoms with Gasteiger partial charge in [0.15, 0.2) is 0 Å². The van der Waals surface area contributed by atoms with Crippen molar-refractivity contribution in [2.45, 2.75) is 39.2 Å². The molecule has 1 aromatic rings. The number of hydrogen-bond acceptors (Lipinski definition) is 2. The highest BCUT2D eigenvalue weighted by atomic mass is 16.1. The van der Waals surface area contributed by atoms with E-state index in [0.29, 0.717) is 6.42 Å². The van der Waals surface area contributed by atoms with Crippen LogP contribution in [0.1, 0.15) is 32.3 Å². The predicted molar refractivity (Wildman–Crippen MR) is 67.3 cm³/mol. The Kier molecular flexibility index (Phi) is 4.99. The molecule has 0 aliphatic heterocycles. The van der Waals surface area contributed by atoms with E-state index < -0.39 is 0 Å². The van der Waals surface area contributed by atoms with Crippen LogP contribution < -0.4 is 11.1 Å². The van der Waals surface area contributed by atoms with Gasteiger partial charge >= 0.3 is 0 Å². The lowest BCUT2D eigenvalue weighted by molar-refractivity contribution is -0.116. The zero-order valence-electron chi connectivity index (χ0n) is 9.99. The van der Waals surface area contributed by atoms with E-state index in [1.807, 2.05) is 31.2 Å². The molecule has 1 atom stereocenters. The lowest BCUT2D eigenvalue weighted by Crippen LogP contribution is -2.19. The van der Waals surface area contributed by atoms with Gasteiger partial charge in [-0.1, -0.05) is 19.1 Å². The van der Waals surface area contributed by atoms with Crippen molar-refractivity contribution >= 4 is 11.6 Å². The molecule has 0 aromatic heterocycles. The number of amides is 1. The minimum absolute atomic E-state index is 0.0292. The summed E-state index contributed by atoms with van der Waals surface area (Å²) in [5.41, 5.74) is 7.72. The molecule has 0 aliphatic carbocycles. The largest absolute Gasteiger partial charge is 0.328 e. The zero-order valence-corrected chi connectivity index (χ0v) is 9.99. The maximum absolute atomic E-state index is 11.5. The molecule has 88 valence electrons. The molecular weight excluding hydrogens is 200 g/mol. The van der Waals surface area contributed by atoms with E-state index in [0.717, 1.165) is 18.5 Å². The van der Waals surface area contributed by atoms with Gasteiger partial charge in [0.1, 0.15) is 0 Å². The number of hydrogen-bond donors (Lipinski definition) is 2. The first-order valence-corrected chi connectivity index (χ1v) is 5.76. The number of carbonyl (C=O) groups is 1. The molecule has 3 nitrogen and oxygen atoms in total. The zero-order chi connectivity index (χ0) is 12.0. The second kappa shape index (κ2) is 6.28. The van der Waals surface area contributed by atoms with Gasteiger partial charge in [0.05, 0.1) is 0 Å². The van der Waals surface area contributed by atoms with E-state index in [1.165, 1.54) is 5.56 Å². The average Bonchev–Trinajstić information content (AvgIpc) is 2.27. The lowest BCUT2D eigenvalue weighted by Gasteiger charge is -2.07. The minimum Gasteiger partial charge on any atom is -0.328 e. The van der Waals surface area contributed by atoms with Crippen LogP contribution >= 0.6 is 0 Å². The van der Waals surface area contributed by atoms with Crippen LogP contribution in [0.3, 0.4) is 0 Å². The lowest BCUT2D eigenvalue weighted by atomic mass is 10.1. The normalized spacial score (nSPS) is 12.2. The second-order valence-electron chi connectivity index (χ2n) is 4.11. The van der Waals surface area contributed by atoms with Crippen molar-refractivity contribution in [1.29, 1.82) is 0 Å². The fraction of sp³-hybridized carbons (Fsp3) is 0.462. The number of carbonyl (C=O) groups excluding carboxylic acids is 1. The maximum atomic E-state index is 11.5. The Morgan fingerprint density at radius 1 is 1.38 bits per heavy atom. The number of anilines is 1. The highest BCUT2D eigenvalue weighted by Gasteiger charge is 2.03. The van der Waals surface area contributed by atoms with Gasteiger partial charge in [0, 0.05) is 18.2 Å². The number of benzene rings is 1. The first-order chi connectivity index (χ1) is 7.61. The van der Waals surface area contributed by atoms with E-state index in [9.17, 15) is 4.79 Å². The second-order valence-corrected chi connectivity index (χ2v) is 4.11. The van der Waals surface area contributed by atoms with Gasteiger partial charge in [-0.25, -0.2) is 0 Å². The van der Waals surface area contributed by atoms with Gasteiger partial charge in [-0.05, 0) is 37.5 Å². The molecule has 1 aromatic carbocycles. The van der Waals surface area contributed by atoms with E-state index in [-0.39, 0.29) is 11.9 Å². The summed E-state index contributed by atoms with van der Waals surface area (Å²) >= 11 is 0. The molecule has 3 heteroatoms. The fourth-order valence-corrected chi connectivity index (χ4v) is 1.41. The van der Waals surface area contributed by atoms with Gasteiger partial charge < -0.3 is 11.1 Å². The average molecular weight is 220 g/mol. The monoisotopic (exact) mass is 220 g/mol. The van der Waals surface area contributed by atoms with E-state index in [2.05, 4.69) is 12.2 Å². The molecule has 0 spiro atoms. The van der Waals surface area contributed by atoms with Gasteiger partial charge in [0.25, 0.3) is 0 Å². The third kappa shape index (κ3) is 4.45. The Bertz CT molecular complexity index is 330. The molecule has 0 fully saturated rings. The number of nitrogens with one attached hydrogen (secondary N) is 1. The van der Waals surface area contributed by atoms with Crippen LogP contribution in [-0.2, 0) is 11.2 Å². The molecule has 0 saturated carbocycles. The van der Waals surface area contributed by atoms with Crippen LogP contribution in [0.2, 0.25) is 0 Å². The minimum atomic E-state index is 0.0292. The molecule has 0 saturated heterocycles. The number of nitrogens with two attached hydrogens (primary N) is 1. The third-order valence-corrected chi connectivity index (χ3v) is 2.47. The van der Waals surface area contributed by atoms with Crippen LogP contribution in [0.5, 0.6) is 0 Å². The van der Waals surface area contributed by atoms with Crippen LogP contribution in [-0.4, -0.2) is 11.9 Å². The Balaban J connectivity index is 2.43. The summed E-state index contributed by atoms with van der Waals surface area (Å²) < 4.78 is 0. The van der Waals surface area contributed by atoms with Crippen molar-refractivity contribution in [3.63, 3.8) is 0 Å². The SMILES string of the molecule is CCc1ccc(NC(=O)CCC(C)N)cc1. The molecule has 16 heavy (non-hydrogen) atoms. The maximum Gasteiger partial charge on any atom is 0.224 e. The van der Waals surface area contributed by atoms with Crippen molar-refractivity contribution in [1.82, 2.24) is 0 Å². The fourth-order valence-electron chi connectivity index (χ4n) is 1.41. The van der Waals surface area contributed by atoms with Crippen LogP contribution in [0.25, 0.3) is 0 Å². The van der Waals surface area contributed by atoms with Crippen LogP contribution in [0.15, 0.2) is 24.3 Å². The van der Waals surface area contributed by atoms with Gasteiger partial charge in [0.2, 0.25) is 5.91 Å². The van der Waals surface area contributed by atoms with Crippen LogP contribution in [0.4, 0.5) is 5.69 Å². The first kappa shape index (κ1) is 12.7. The summed E-state index contributed by atoms with van der Waals surface area (Å²) in [6, 6.07) is 8.00. The Labute approximate surface area is 97.0 Å². The summed E-state index contributed by atoms with van der Waals surface area (Å²) in [5, 5.41) is 2.85. The Hall–Kier alpha value is -1.35. The van der Waals surface area contributed by atoms with Crippen molar-refractivity contribution in [2.24, 2.45) is 5.73 Å². The van der Waals surface area contributed by atoms with E-state index in [4.69, 9.17) is 5.73 Å². The first-order valence-electron chi connectivity index (χ1n) is 5.76. The van der Waals surface area contributed by atoms with Crippen LogP contribution in [0, 0.1) is 0 Å². The molecular formula is C13H20N2O. The Morgan fingerprint density at radius 3 is 2.50 bits per heavy atom. The molecule has 0 bridgehead atoms. The molecule has 0 radical (unpaired) electrons. The summed E-state index contributed by atoms with van der Waals surface area (Å²) in [6.45, 7) is 4.01. The van der Waals surface area contributed by atoms with Gasteiger partial charge in [-0.15, -0.1) is 0 Å². The number of aryl methyl sites for hydroxylation is 1. The molecule has 0 aliphatic rings. The molecule has 1 unspecified atom stereocenters. The highest BCUT2D eigenvalue weighted by Crippen LogP contribution is 2.10. The van der Waals surface area contributed by atoms with Gasteiger partial charge in [-0.3, -0.25) is 4.79 Å². The standard InChI is InChI=1S/C13H20N2O/c1-3-11-5-7-12(8-6-11)15-13(16)9-4-10(2)14/h5-8,10H,3-4,9,14H2,1-2H3,(H,15,16). The van der Waals surface area contributed by atoms with Crippen molar-refractivity contribution < 1.29 is 4.79 Å².